The minimum absolute atomic E-state index is 0.00672. The summed E-state index contributed by atoms with van der Waals surface area (Å²) < 4.78 is 21.1. The highest BCUT2D eigenvalue weighted by atomic mass is 16.5. The maximum absolute atomic E-state index is 12.5. The summed E-state index contributed by atoms with van der Waals surface area (Å²) in [4.78, 5) is 14.5. The van der Waals surface area contributed by atoms with E-state index in [2.05, 4.69) is 25.7 Å². The van der Waals surface area contributed by atoms with Crippen LogP contribution in [0, 0.1) is 0 Å². The van der Waals surface area contributed by atoms with E-state index in [1.54, 1.807) is 18.2 Å². The number of carbonyl (C=O) groups is 1. The number of nitrogens with one attached hydrogen (secondary N) is 1. The molecule has 4 rings (SSSR count). The number of nitrogens with zero attached hydrogens (tertiary/aromatic N) is 5. The summed E-state index contributed by atoms with van der Waals surface area (Å²) >= 11 is 0. The van der Waals surface area contributed by atoms with Gasteiger partial charge in [0.25, 0.3) is 11.8 Å². The number of aromatic nitrogens is 4. The summed E-state index contributed by atoms with van der Waals surface area (Å²) in [6, 6.07) is 4.93. The van der Waals surface area contributed by atoms with E-state index in [1.165, 1.54) is 13.4 Å². The second kappa shape index (κ2) is 7.41. The number of ether oxygens (including phenoxy) is 2. The standard InChI is InChI=1S/C16H16N6O5/c1-24-11-9-12(22-4-7-25-8-5-22)18-19-13(11)14(23)17-16-21-20-15(27-16)10-3-2-6-26-10/h2-3,6,9H,4-5,7-8H2,1H3,(H,17,21,23). The molecule has 4 heterocycles. The molecule has 11 nitrogen and oxygen atoms in total. The molecule has 0 bridgehead atoms. The molecule has 0 atom stereocenters. The van der Waals surface area contributed by atoms with E-state index in [4.69, 9.17) is 18.3 Å². The zero-order chi connectivity index (χ0) is 18.6. The summed E-state index contributed by atoms with van der Waals surface area (Å²) in [5, 5.41) is 18.2. The maximum Gasteiger partial charge on any atom is 0.322 e. The second-order valence-electron chi connectivity index (χ2n) is 5.56. The molecular weight excluding hydrogens is 356 g/mol. The number of amides is 1. The van der Waals surface area contributed by atoms with Crippen LogP contribution in [0.3, 0.4) is 0 Å². The van der Waals surface area contributed by atoms with Crippen LogP contribution in [-0.4, -0.2) is 59.7 Å². The van der Waals surface area contributed by atoms with Gasteiger partial charge in [0.2, 0.25) is 0 Å². The Morgan fingerprint density at radius 2 is 2.07 bits per heavy atom. The molecule has 3 aromatic heterocycles. The van der Waals surface area contributed by atoms with Crippen LogP contribution in [0.5, 0.6) is 5.75 Å². The minimum Gasteiger partial charge on any atom is -0.494 e. The molecule has 1 amide bonds. The lowest BCUT2D eigenvalue weighted by Crippen LogP contribution is -2.37. The van der Waals surface area contributed by atoms with Gasteiger partial charge in [-0.15, -0.1) is 15.3 Å². The van der Waals surface area contributed by atoms with E-state index in [-0.39, 0.29) is 23.3 Å². The molecule has 0 saturated carbocycles. The van der Waals surface area contributed by atoms with Gasteiger partial charge in [-0.3, -0.25) is 10.1 Å². The van der Waals surface area contributed by atoms with E-state index in [0.717, 1.165) is 0 Å². The van der Waals surface area contributed by atoms with E-state index >= 15 is 0 Å². The number of hydrogen-bond acceptors (Lipinski definition) is 10. The lowest BCUT2D eigenvalue weighted by molar-refractivity contribution is 0.101. The van der Waals surface area contributed by atoms with Gasteiger partial charge in [-0.25, -0.2) is 0 Å². The molecule has 0 aliphatic carbocycles. The van der Waals surface area contributed by atoms with Crippen LogP contribution in [0.15, 0.2) is 33.3 Å². The molecule has 1 aliphatic heterocycles. The van der Waals surface area contributed by atoms with E-state index in [1.807, 2.05) is 4.90 Å². The van der Waals surface area contributed by atoms with Crippen LogP contribution in [0.2, 0.25) is 0 Å². The van der Waals surface area contributed by atoms with Crippen LogP contribution >= 0.6 is 0 Å². The van der Waals surface area contributed by atoms with E-state index < -0.39 is 5.91 Å². The summed E-state index contributed by atoms with van der Waals surface area (Å²) in [7, 11) is 1.46. The number of hydrogen-bond donors (Lipinski definition) is 1. The number of furan rings is 1. The van der Waals surface area contributed by atoms with Crippen molar-refractivity contribution < 1.29 is 23.1 Å². The van der Waals surface area contributed by atoms with Gasteiger partial charge in [0.05, 0.1) is 26.6 Å². The predicted octanol–water partition coefficient (Wildman–Crippen LogP) is 1.22. The number of methoxy groups -OCH3 is 1. The van der Waals surface area contributed by atoms with Crippen molar-refractivity contribution in [2.75, 3.05) is 43.6 Å². The third-order valence-electron chi connectivity index (χ3n) is 3.89. The number of morpholine rings is 1. The topological polar surface area (TPSA) is 129 Å². The van der Waals surface area contributed by atoms with Crippen molar-refractivity contribution in [3.8, 4) is 17.4 Å². The van der Waals surface area contributed by atoms with Crippen molar-refractivity contribution in [2.45, 2.75) is 0 Å². The Morgan fingerprint density at radius 3 is 2.81 bits per heavy atom. The first kappa shape index (κ1) is 17.0. The molecule has 1 aliphatic rings. The summed E-state index contributed by atoms with van der Waals surface area (Å²) in [6.45, 7) is 2.62. The van der Waals surface area contributed by atoms with Gasteiger partial charge >= 0.3 is 6.01 Å². The molecule has 0 unspecified atom stereocenters. The highest BCUT2D eigenvalue weighted by molar-refractivity contribution is 6.03. The van der Waals surface area contributed by atoms with Gasteiger partial charge in [-0.1, -0.05) is 5.10 Å². The SMILES string of the molecule is COc1cc(N2CCOCC2)nnc1C(=O)Nc1nnc(-c2ccco2)o1. The molecule has 0 aromatic carbocycles. The Hall–Kier alpha value is -3.47. The van der Waals surface area contributed by atoms with Crippen LogP contribution in [0.1, 0.15) is 10.5 Å². The number of carbonyl (C=O) groups excluding carboxylic acids is 1. The van der Waals surface area contributed by atoms with Crippen molar-refractivity contribution >= 4 is 17.7 Å². The molecule has 1 fully saturated rings. The van der Waals surface area contributed by atoms with Gasteiger partial charge < -0.3 is 23.2 Å². The number of rotatable bonds is 5. The fraction of sp³-hybridized carbons (Fsp3) is 0.312. The largest absolute Gasteiger partial charge is 0.494 e. The third-order valence-corrected chi connectivity index (χ3v) is 3.89. The highest BCUT2D eigenvalue weighted by Gasteiger charge is 2.22. The van der Waals surface area contributed by atoms with Gasteiger partial charge in [0.15, 0.2) is 23.0 Å². The Balaban J connectivity index is 1.51. The highest BCUT2D eigenvalue weighted by Crippen LogP contribution is 2.24. The van der Waals surface area contributed by atoms with Crippen LogP contribution in [-0.2, 0) is 4.74 Å². The zero-order valence-electron chi connectivity index (χ0n) is 14.4. The van der Waals surface area contributed by atoms with Crippen molar-refractivity contribution in [1.82, 2.24) is 20.4 Å². The molecule has 0 spiro atoms. The summed E-state index contributed by atoms with van der Waals surface area (Å²) in [5.74, 6) is 0.869. The van der Waals surface area contributed by atoms with E-state index in [9.17, 15) is 4.79 Å². The maximum atomic E-state index is 12.5. The van der Waals surface area contributed by atoms with Crippen molar-refractivity contribution in [3.05, 3.63) is 30.2 Å². The smallest absolute Gasteiger partial charge is 0.322 e. The molecule has 3 aromatic rings. The average molecular weight is 372 g/mol. The van der Waals surface area contributed by atoms with Gasteiger partial charge in [0, 0.05) is 19.2 Å². The fourth-order valence-electron chi connectivity index (χ4n) is 2.55. The summed E-state index contributed by atoms with van der Waals surface area (Å²) in [6.07, 6.45) is 1.48. The molecule has 0 radical (unpaired) electrons. The van der Waals surface area contributed by atoms with Crippen LogP contribution in [0.25, 0.3) is 11.7 Å². The van der Waals surface area contributed by atoms with Crippen LogP contribution < -0.4 is 15.0 Å². The lowest BCUT2D eigenvalue weighted by Gasteiger charge is -2.27. The Morgan fingerprint density at radius 1 is 1.22 bits per heavy atom. The molecule has 1 saturated heterocycles. The predicted molar refractivity (Wildman–Crippen MR) is 91.6 cm³/mol. The van der Waals surface area contributed by atoms with Crippen molar-refractivity contribution in [1.29, 1.82) is 0 Å². The monoisotopic (exact) mass is 372 g/mol. The lowest BCUT2D eigenvalue weighted by atomic mass is 10.3. The Kier molecular flexibility index (Phi) is 4.66. The molecule has 1 N–H and O–H groups in total. The van der Waals surface area contributed by atoms with Gasteiger partial charge in [-0.2, -0.15) is 0 Å². The third kappa shape index (κ3) is 3.58. The molecule has 27 heavy (non-hydrogen) atoms. The second-order valence-corrected chi connectivity index (χ2v) is 5.56. The van der Waals surface area contributed by atoms with Crippen molar-refractivity contribution in [3.63, 3.8) is 0 Å². The quantitative estimate of drug-likeness (QED) is 0.698. The van der Waals surface area contributed by atoms with E-state index in [0.29, 0.717) is 37.9 Å². The zero-order valence-corrected chi connectivity index (χ0v) is 14.4. The molecule has 140 valence electrons. The van der Waals surface area contributed by atoms with Crippen LogP contribution in [0.4, 0.5) is 11.8 Å². The first-order chi connectivity index (χ1) is 13.2. The summed E-state index contributed by atoms with van der Waals surface area (Å²) in [5.41, 5.74) is 0.00672. The fourth-order valence-corrected chi connectivity index (χ4v) is 2.55. The Labute approximate surface area is 153 Å². The van der Waals surface area contributed by atoms with Gasteiger partial charge in [0.1, 0.15) is 0 Å². The Bertz CT molecular complexity index is 919. The normalized spacial score (nSPS) is 14.2. The first-order valence-corrected chi connectivity index (χ1v) is 8.18. The first-order valence-electron chi connectivity index (χ1n) is 8.18. The van der Waals surface area contributed by atoms with Gasteiger partial charge in [-0.05, 0) is 12.1 Å². The molecular formula is C16H16N6O5. The minimum atomic E-state index is -0.581. The average Bonchev–Trinajstić information content (AvgIpc) is 3.40. The van der Waals surface area contributed by atoms with Crippen molar-refractivity contribution in [2.24, 2.45) is 0 Å². The number of anilines is 2. The molecule has 11 heteroatoms.